The first kappa shape index (κ1) is 15.1. The molecule has 0 spiro atoms. The third-order valence-corrected chi connectivity index (χ3v) is 2.83. The van der Waals surface area contributed by atoms with Crippen molar-refractivity contribution in [1.82, 2.24) is 15.2 Å². The van der Waals surface area contributed by atoms with Crippen molar-refractivity contribution in [2.45, 2.75) is 20.3 Å². The van der Waals surface area contributed by atoms with Crippen molar-refractivity contribution < 1.29 is 4.79 Å². The molecule has 5 heteroatoms. The largest absolute Gasteiger partial charge is 0.349 e. The third-order valence-electron chi connectivity index (χ3n) is 2.83. The first-order valence-corrected chi connectivity index (χ1v) is 6.58. The van der Waals surface area contributed by atoms with Crippen LogP contribution < -0.4 is 5.32 Å². The second kappa shape index (κ2) is 8.22. The molecule has 0 aliphatic carbocycles. The van der Waals surface area contributed by atoms with E-state index in [0.717, 1.165) is 26.1 Å². The number of nitrogens with zero attached hydrogens (tertiary/aromatic N) is 3. The van der Waals surface area contributed by atoms with Gasteiger partial charge in [-0.25, -0.2) is 4.98 Å². The van der Waals surface area contributed by atoms with Crippen LogP contribution in [0.2, 0.25) is 0 Å². The summed E-state index contributed by atoms with van der Waals surface area (Å²) >= 11 is 0. The fraction of sp³-hybridized carbons (Fsp3) is 0.500. The Morgan fingerprint density at radius 2 is 2.21 bits per heavy atom. The van der Waals surface area contributed by atoms with Crippen LogP contribution in [0.25, 0.3) is 0 Å². The first-order chi connectivity index (χ1) is 9.21. The van der Waals surface area contributed by atoms with Crippen molar-refractivity contribution in [3.63, 3.8) is 0 Å². The summed E-state index contributed by atoms with van der Waals surface area (Å²) in [5.74, 6) is -0.197. The highest BCUT2D eigenvalue weighted by Crippen LogP contribution is 1.98. The summed E-state index contributed by atoms with van der Waals surface area (Å²) in [6, 6.07) is 5.13. The molecule has 1 N–H and O–H groups in total. The minimum absolute atomic E-state index is 0.197. The molecule has 102 valence electrons. The minimum atomic E-state index is -0.197. The average Bonchev–Trinajstić information content (AvgIpc) is 2.46. The Bertz CT molecular complexity index is 436. The highest BCUT2D eigenvalue weighted by atomic mass is 16.1. The molecule has 1 amide bonds. The van der Waals surface area contributed by atoms with E-state index in [9.17, 15) is 4.79 Å². The Morgan fingerprint density at radius 3 is 2.74 bits per heavy atom. The normalized spacial score (nSPS) is 10.2. The number of hydrogen-bond acceptors (Lipinski definition) is 4. The van der Waals surface area contributed by atoms with Crippen molar-refractivity contribution >= 4 is 5.91 Å². The van der Waals surface area contributed by atoms with Gasteiger partial charge in [-0.1, -0.05) is 13.8 Å². The molecule has 5 nitrogen and oxygen atoms in total. The first-order valence-electron chi connectivity index (χ1n) is 6.58. The van der Waals surface area contributed by atoms with Crippen LogP contribution in [0.15, 0.2) is 18.3 Å². The molecular formula is C14H20N4O. The zero-order chi connectivity index (χ0) is 14.1. The number of amides is 1. The van der Waals surface area contributed by atoms with E-state index < -0.39 is 0 Å². The Morgan fingerprint density at radius 1 is 1.42 bits per heavy atom. The molecule has 1 heterocycles. The molecule has 0 radical (unpaired) electrons. The van der Waals surface area contributed by atoms with Crippen molar-refractivity contribution in [1.29, 1.82) is 5.26 Å². The topological polar surface area (TPSA) is 69.0 Å². The molecule has 0 atom stereocenters. The lowest BCUT2D eigenvalue weighted by Crippen LogP contribution is -2.35. The van der Waals surface area contributed by atoms with Crippen LogP contribution in [0, 0.1) is 11.3 Å². The molecule has 1 aromatic heterocycles. The molecule has 0 saturated heterocycles. The van der Waals surface area contributed by atoms with Gasteiger partial charge in [0.1, 0.15) is 11.8 Å². The van der Waals surface area contributed by atoms with Crippen LogP contribution in [0.3, 0.4) is 0 Å². The van der Waals surface area contributed by atoms with Crippen LogP contribution >= 0.6 is 0 Å². The Balaban J connectivity index is 2.40. The highest BCUT2D eigenvalue weighted by molar-refractivity contribution is 5.92. The smallest absolute Gasteiger partial charge is 0.269 e. The van der Waals surface area contributed by atoms with Crippen molar-refractivity contribution in [3.05, 3.63) is 29.6 Å². The average molecular weight is 260 g/mol. The Hall–Kier alpha value is -1.93. The standard InChI is InChI=1S/C14H20N4O/c1-3-8-18(4-2)9-7-16-14(19)13-6-5-12(10-15)11-17-13/h5-6,11H,3-4,7-9H2,1-2H3,(H,16,19). The summed E-state index contributed by atoms with van der Waals surface area (Å²) < 4.78 is 0. The minimum Gasteiger partial charge on any atom is -0.349 e. The number of pyridine rings is 1. The molecule has 0 saturated carbocycles. The van der Waals surface area contributed by atoms with Crippen molar-refractivity contribution in [2.24, 2.45) is 0 Å². The van der Waals surface area contributed by atoms with Crippen LogP contribution in [-0.2, 0) is 0 Å². The summed E-state index contributed by atoms with van der Waals surface area (Å²) in [6.45, 7) is 7.72. The van der Waals surface area contributed by atoms with Gasteiger partial charge < -0.3 is 10.2 Å². The van der Waals surface area contributed by atoms with Gasteiger partial charge in [0.25, 0.3) is 5.91 Å². The second-order valence-electron chi connectivity index (χ2n) is 4.23. The van der Waals surface area contributed by atoms with Gasteiger partial charge >= 0.3 is 0 Å². The molecule has 0 bridgehead atoms. The quantitative estimate of drug-likeness (QED) is 0.805. The van der Waals surface area contributed by atoms with Crippen LogP contribution in [0.5, 0.6) is 0 Å². The van der Waals surface area contributed by atoms with E-state index in [4.69, 9.17) is 5.26 Å². The summed E-state index contributed by atoms with van der Waals surface area (Å²) in [7, 11) is 0. The molecule has 0 aromatic carbocycles. The number of hydrogen-bond donors (Lipinski definition) is 1. The lowest BCUT2D eigenvalue weighted by molar-refractivity contribution is 0.0943. The molecule has 19 heavy (non-hydrogen) atoms. The van der Waals surface area contributed by atoms with Crippen LogP contribution in [0.1, 0.15) is 36.3 Å². The fourth-order valence-corrected chi connectivity index (χ4v) is 1.76. The molecule has 0 fully saturated rings. The Labute approximate surface area is 114 Å². The maximum Gasteiger partial charge on any atom is 0.269 e. The van der Waals surface area contributed by atoms with Gasteiger partial charge in [-0.15, -0.1) is 0 Å². The van der Waals surface area contributed by atoms with Gasteiger partial charge in [-0.2, -0.15) is 5.26 Å². The molecule has 1 aromatic rings. The third kappa shape index (κ3) is 5.06. The van der Waals surface area contributed by atoms with E-state index >= 15 is 0 Å². The van der Waals surface area contributed by atoms with Crippen molar-refractivity contribution in [2.75, 3.05) is 26.2 Å². The summed E-state index contributed by atoms with van der Waals surface area (Å²) in [5.41, 5.74) is 0.800. The summed E-state index contributed by atoms with van der Waals surface area (Å²) in [6.07, 6.45) is 2.52. The van der Waals surface area contributed by atoms with Gasteiger partial charge in [-0.3, -0.25) is 4.79 Å². The zero-order valence-electron chi connectivity index (χ0n) is 11.5. The zero-order valence-corrected chi connectivity index (χ0v) is 11.5. The van der Waals surface area contributed by atoms with Crippen LogP contribution in [0.4, 0.5) is 0 Å². The molecular weight excluding hydrogens is 240 g/mol. The summed E-state index contributed by atoms with van der Waals surface area (Å²) in [4.78, 5) is 18.0. The maximum atomic E-state index is 11.8. The van der Waals surface area contributed by atoms with E-state index in [0.29, 0.717) is 17.8 Å². The van der Waals surface area contributed by atoms with Gasteiger partial charge in [0.05, 0.1) is 5.56 Å². The van der Waals surface area contributed by atoms with Gasteiger partial charge in [0.15, 0.2) is 0 Å². The fourth-order valence-electron chi connectivity index (χ4n) is 1.76. The number of carbonyl (C=O) groups excluding carboxylic acids is 1. The predicted octanol–water partition coefficient (Wildman–Crippen LogP) is 1.41. The number of aromatic nitrogens is 1. The van der Waals surface area contributed by atoms with E-state index in [1.807, 2.05) is 6.07 Å². The van der Waals surface area contributed by atoms with Gasteiger partial charge in [-0.05, 0) is 31.6 Å². The number of likely N-dealkylation sites (N-methyl/N-ethyl adjacent to an activating group) is 1. The second-order valence-corrected chi connectivity index (χ2v) is 4.23. The maximum absolute atomic E-state index is 11.8. The molecule has 0 aliphatic heterocycles. The number of nitriles is 1. The predicted molar refractivity (Wildman–Crippen MR) is 73.7 cm³/mol. The molecule has 1 rings (SSSR count). The van der Waals surface area contributed by atoms with Gasteiger partial charge in [0, 0.05) is 19.3 Å². The monoisotopic (exact) mass is 260 g/mol. The van der Waals surface area contributed by atoms with E-state index in [2.05, 4.69) is 29.0 Å². The van der Waals surface area contributed by atoms with E-state index in [1.165, 1.54) is 6.20 Å². The number of carbonyl (C=O) groups is 1. The lowest BCUT2D eigenvalue weighted by Gasteiger charge is -2.19. The number of nitrogens with one attached hydrogen (secondary N) is 1. The molecule has 0 aliphatic rings. The Kier molecular flexibility index (Phi) is 6.55. The highest BCUT2D eigenvalue weighted by Gasteiger charge is 2.07. The van der Waals surface area contributed by atoms with Crippen molar-refractivity contribution in [3.8, 4) is 6.07 Å². The summed E-state index contributed by atoms with van der Waals surface area (Å²) in [5, 5.41) is 11.5. The molecule has 0 unspecified atom stereocenters. The lowest BCUT2D eigenvalue weighted by atomic mass is 10.2. The van der Waals surface area contributed by atoms with E-state index in [-0.39, 0.29) is 5.91 Å². The SMILES string of the molecule is CCCN(CC)CCNC(=O)c1ccc(C#N)cn1. The van der Waals surface area contributed by atoms with E-state index in [1.54, 1.807) is 12.1 Å². The van der Waals surface area contributed by atoms with Crippen LogP contribution in [-0.4, -0.2) is 42.0 Å². The van der Waals surface area contributed by atoms with Gasteiger partial charge in [0.2, 0.25) is 0 Å². The number of rotatable bonds is 7.